The summed E-state index contributed by atoms with van der Waals surface area (Å²) in [5.41, 5.74) is 0.690. The Bertz CT molecular complexity index is 756. The number of Topliss-reactive ketones (excluding diaryl/α,β-unsaturated/α-hetero) is 1. The molecule has 0 saturated carbocycles. The van der Waals surface area contributed by atoms with Gasteiger partial charge in [0.05, 0.1) is 12.7 Å². The van der Waals surface area contributed by atoms with Gasteiger partial charge < -0.3 is 9.15 Å². The van der Waals surface area contributed by atoms with Gasteiger partial charge in [0, 0.05) is 5.39 Å². The first-order chi connectivity index (χ1) is 9.43. The van der Waals surface area contributed by atoms with Gasteiger partial charge in [-0.25, -0.2) is 8.42 Å². The number of sulfone groups is 1. The largest absolute Gasteiger partial charge is 0.468 e. The van der Waals surface area contributed by atoms with Crippen LogP contribution in [0.5, 0.6) is 0 Å². The van der Waals surface area contributed by atoms with Gasteiger partial charge in [0.2, 0.25) is 0 Å². The maximum Gasteiger partial charge on any atom is 0.320 e. The van der Waals surface area contributed by atoms with Crippen molar-refractivity contribution < 1.29 is 27.2 Å². The molecule has 0 aliphatic heterocycles. The average molecular weight is 296 g/mol. The maximum absolute atomic E-state index is 12.0. The minimum absolute atomic E-state index is 0.189. The third-order valence-electron chi connectivity index (χ3n) is 2.70. The van der Waals surface area contributed by atoms with Crippen molar-refractivity contribution in [2.75, 3.05) is 18.6 Å². The molecule has 0 unspecified atom stereocenters. The molecular formula is C13H12O6S. The Balaban J connectivity index is 2.22. The number of ketones is 1. The van der Waals surface area contributed by atoms with Crippen LogP contribution >= 0.6 is 0 Å². The van der Waals surface area contributed by atoms with Gasteiger partial charge in [0.15, 0.2) is 15.6 Å². The summed E-state index contributed by atoms with van der Waals surface area (Å²) in [4.78, 5) is 23.0. The van der Waals surface area contributed by atoms with Gasteiger partial charge >= 0.3 is 5.97 Å². The summed E-state index contributed by atoms with van der Waals surface area (Å²) in [6.07, 6.45) is 1.22. The molecule has 6 nitrogen and oxygen atoms in total. The summed E-state index contributed by atoms with van der Waals surface area (Å²) in [5, 5.41) is 0.547. The Kier molecular flexibility index (Phi) is 3.89. The number of carbonyl (C=O) groups excluding carboxylic acids is 2. The molecule has 0 aliphatic carbocycles. The zero-order chi connectivity index (χ0) is 14.8. The zero-order valence-electron chi connectivity index (χ0n) is 10.7. The van der Waals surface area contributed by atoms with Crippen molar-refractivity contribution in [3.05, 3.63) is 36.1 Å². The number of hydrogen-bond donors (Lipinski definition) is 0. The Hall–Kier alpha value is -2.15. The van der Waals surface area contributed by atoms with E-state index in [1.165, 1.54) is 6.26 Å². The van der Waals surface area contributed by atoms with Crippen LogP contribution in [0.4, 0.5) is 0 Å². The van der Waals surface area contributed by atoms with E-state index in [1.807, 2.05) is 0 Å². The van der Waals surface area contributed by atoms with Crippen LogP contribution in [-0.2, 0) is 19.4 Å². The van der Waals surface area contributed by atoms with Crippen LogP contribution < -0.4 is 0 Å². The highest BCUT2D eigenvalue weighted by Gasteiger charge is 2.24. The molecule has 7 heteroatoms. The van der Waals surface area contributed by atoms with Crippen molar-refractivity contribution in [1.82, 2.24) is 0 Å². The minimum Gasteiger partial charge on any atom is -0.468 e. The zero-order valence-corrected chi connectivity index (χ0v) is 11.5. The normalized spacial score (nSPS) is 11.4. The number of esters is 1. The van der Waals surface area contributed by atoms with E-state index in [1.54, 1.807) is 24.3 Å². The first-order valence-corrected chi connectivity index (χ1v) is 7.52. The molecule has 0 bridgehead atoms. The van der Waals surface area contributed by atoms with E-state index in [4.69, 9.17) is 4.42 Å². The van der Waals surface area contributed by atoms with Gasteiger partial charge in [-0.05, 0) is 6.07 Å². The lowest BCUT2D eigenvalue weighted by molar-refractivity contribution is -0.137. The summed E-state index contributed by atoms with van der Waals surface area (Å²) in [6, 6.07) is 6.81. The molecule has 20 heavy (non-hydrogen) atoms. The Morgan fingerprint density at radius 1 is 1.20 bits per heavy atom. The number of hydrogen-bond acceptors (Lipinski definition) is 6. The molecule has 0 atom stereocenters. The van der Waals surface area contributed by atoms with Gasteiger partial charge in [-0.2, -0.15) is 0 Å². The van der Waals surface area contributed by atoms with E-state index in [9.17, 15) is 18.0 Å². The number of methoxy groups -OCH3 is 1. The molecule has 0 amide bonds. The predicted molar refractivity (Wildman–Crippen MR) is 71.2 cm³/mol. The summed E-state index contributed by atoms with van der Waals surface area (Å²) < 4.78 is 32.8. The maximum atomic E-state index is 12.0. The van der Waals surface area contributed by atoms with Crippen LogP contribution in [0.2, 0.25) is 0 Å². The molecule has 0 spiro atoms. The Labute approximate surface area is 115 Å². The topological polar surface area (TPSA) is 90.7 Å². The number of carbonyl (C=O) groups is 2. The summed E-state index contributed by atoms with van der Waals surface area (Å²) in [6.45, 7) is 0. The smallest absolute Gasteiger partial charge is 0.320 e. The van der Waals surface area contributed by atoms with E-state index in [0.717, 1.165) is 7.11 Å². The lowest BCUT2D eigenvalue weighted by atomic mass is 10.1. The highest BCUT2D eigenvalue weighted by atomic mass is 32.2. The molecule has 2 aromatic rings. The second kappa shape index (κ2) is 5.46. The Morgan fingerprint density at radius 3 is 2.60 bits per heavy atom. The first-order valence-electron chi connectivity index (χ1n) is 5.69. The average Bonchev–Trinajstić information content (AvgIpc) is 2.81. The van der Waals surface area contributed by atoms with Crippen LogP contribution in [0.15, 0.2) is 34.9 Å². The van der Waals surface area contributed by atoms with Crippen molar-refractivity contribution in [1.29, 1.82) is 0 Å². The first kappa shape index (κ1) is 14.3. The van der Waals surface area contributed by atoms with Gasteiger partial charge in [0.1, 0.15) is 23.4 Å². The number of rotatable bonds is 5. The molecule has 0 N–H and O–H groups in total. The summed E-state index contributed by atoms with van der Waals surface area (Å²) in [7, 11) is -2.77. The minimum atomic E-state index is -3.85. The molecule has 0 aliphatic rings. The molecule has 1 aromatic carbocycles. The third kappa shape index (κ3) is 3.05. The molecule has 0 fully saturated rings. The lowest BCUT2D eigenvalue weighted by Gasteiger charge is -2.01. The number of fused-ring (bicyclic) bond motifs is 1. The highest BCUT2D eigenvalue weighted by molar-refractivity contribution is 7.92. The number of benzene rings is 1. The van der Waals surface area contributed by atoms with Crippen molar-refractivity contribution in [2.45, 2.75) is 0 Å². The van der Waals surface area contributed by atoms with E-state index in [0.29, 0.717) is 11.0 Å². The highest BCUT2D eigenvalue weighted by Crippen LogP contribution is 2.21. The quantitative estimate of drug-likeness (QED) is 0.608. The van der Waals surface area contributed by atoms with Crippen molar-refractivity contribution in [3.63, 3.8) is 0 Å². The van der Waals surface area contributed by atoms with Crippen LogP contribution in [0.25, 0.3) is 11.0 Å². The fourth-order valence-corrected chi connectivity index (χ4v) is 2.89. The monoisotopic (exact) mass is 296 g/mol. The fourth-order valence-electron chi connectivity index (χ4n) is 1.76. The number of para-hydroxylation sites is 1. The van der Waals surface area contributed by atoms with Crippen LogP contribution in [-0.4, -0.2) is 38.8 Å². The molecule has 0 saturated heterocycles. The van der Waals surface area contributed by atoms with Gasteiger partial charge in [0.25, 0.3) is 0 Å². The standard InChI is InChI=1S/C13H12O6S/c1-18-13(15)8-20(16,17)7-11(14)10-6-19-12-5-3-2-4-9(10)12/h2-6H,7-8H2,1H3. The summed E-state index contributed by atoms with van der Waals surface area (Å²) in [5.74, 6) is -3.08. The molecular weight excluding hydrogens is 284 g/mol. The van der Waals surface area contributed by atoms with E-state index >= 15 is 0 Å². The molecule has 1 aromatic heterocycles. The molecule has 106 valence electrons. The second-order valence-electron chi connectivity index (χ2n) is 4.18. The van der Waals surface area contributed by atoms with E-state index < -0.39 is 33.1 Å². The Morgan fingerprint density at radius 2 is 1.90 bits per heavy atom. The van der Waals surface area contributed by atoms with E-state index in [2.05, 4.69) is 4.74 Å². The van der Waals surface area contributed by atoms with Crippen LogP contribution in [0, 0.1) is 0 Å². The van der Waals surface area contributed by atoms with E-state index in [-0.39, 0.29) is 5.56 Å². The van der Waals surface area contributed by atoms with Crippen molar-refractivity contribution in [2.24, 2.45) is 0 Å². The fraction of sp³-hybridized carbons (Fsp3) is 0.231. The molecule has 2 rings (SSSR count). The SMILES string of the molecule is COC(=O)CS(=O)(=O)CC(=O)c1coc2ccccc12. The molecule has 0 radical (unpaired) electrons. The lowest BCUT2D eigenvalue weighted by Crippen LogP contribution is -2.24. The number of furan rings is 1. The van der Waals surface area contributed by atoms with Gasteiger partial charge in [-0.3, -0.25) is 9.59 Å². The van der Waals surface area contributed by atoms with Gasteiger partial charge in [-0.1, -0.05) is 18.2 Å². The third-order valence-corrected chi connectivity index (χ3v) is 4.08. The van der Waals surface area contributed by atoms with Crippen molar-refractivity contribution >= 4 is 32.6 Å². The van der Waals surface area contributed by atoms with Gasteiger partial charge in [-0.15, -0.1) is 0 Å². The van der Waals surface area contributed by atoms with Crippen molar-refractivity contribution in [3.8, 4) is 0 Å². The predicted octanol–water partition coefficient (Wildman–Crippen LogP) is 1.20. The van der Waals surface area contributed by atoms with Crippen LogP contribution in [0.1, 0.15) is 10.4 Å². The number of ether oxygens (including phenoxy) is 1. The van der Waals surface area contributed by atoms with Crippen LogP contribution in [0.3, 0.4) is 0 Å². The molecule has 1 heterocycles. The summed E-state index contributed by atoms with van der Waals surface area (Å²) >= 11 is 0. The second-order valence-corrected chi connectivity index (χ2v) is 6.24.